The van der Waals surface area contributed by atoms with Crippen molar-refractivity contribution in [1.29, 1.82) is 0 Å². The van der Waals surface area contributed by atoms with E-state index in [2.05, 4.69) is 42.2 Å². The molecule has 1 aliphatic carbocycles. The third-order valence-electron chi connectivity index (χ3n) is 4.92. The molecule has 1 fully saturated rings. The van der Waals surface area contributed by atoms with Crippen LogP contribution in [0.25, 0.3) is 0 Å². The molecule has 1 aromatic carbocycles. The highest BCUT2D eigenvalue weighted by molar-refractivity contribution is 5.40. The highest BCUT2D eigenvalue weighted by Gasteiger charge is 2.14. The largest absolute Gasteiger partial charge is 0.317 e. The molecule has 0 atom stereocenters. The Morgan fingerprint density at radius 3 is 2.50 bits per heavy atom. The number of benzene rings is 1. The second-order valence-electron chi connectivity index (χ2n) is 6.37. The van der Waals surface area contributed by atoms with Crippen molar-refractivity contribution >= 4 is 6.79 Å². The van der Waals surface area contributed by atoms with Crippen LogP contribution in [0.5, 0.6) is 0 Å². The molecule has 132 valence electrons. The van der Waals surface area contributed by atoms with Gasteiger partial charge in [0.1, 0.15) is 6.79 Å². The molecule has 1 aliphatic heterocycles. The van der Waals surface area contributed by atoms with E-state index in [0.29, 0.717) is 0 Å². The molecule has 3 heteroatoms. The van der Waals surface area contributed by atoms with Crippen LogP contribution in [0, 0.1) is 12.3 Å². The standard InChI is InChI=1S/C13H15N.C7H15N.CH2O/c1-3-11-5-6-13-10-14(4-2)8-7-12(13)9-11;1-8-7-5-3-2-4-6-7;1-2/h1,5-6,9H,4,7-8,10H2,2H3;7-8H,2-6H2,1H3;1H2. The summed E-state index contributed by atoms with van der Waals surface area (Å²) in [6.45, 7) is 7.59. The highest BCUT2D eigenvalue weighted by atomic mass is 16.1. The molecule has 0 bridgehead atoms. The van der Waals surface area contributed by atoms with Gasteiger partial charge < -0.3 is 10.1 Å². The van der Waals surface area contributed by atoms with Gasteiger partial charge in [-0.15, -0.1) is 6.42 Å². The zero-order valence-electron chi connectivity index (χ0n) is 15.3. The maximum absolute atomic E-state index is 8.00. The molecule has 0 spiro atoms. The Morgan fingerprint density at radius 1 is 1.25 bits per heavy atom. The van der Waals surface area contributed by atoms with Gasteiger partial charge in [-0.25, -0.2) is 0 Å². The van der Waals surface area contributed by atoms with Gasteiger partial charge in [0.05, 0.1) is 0 Å². The summed E-state index contributed by atoms with van der Waals surface area (Å²) < 4.78 is 0. The third kappa shape index (κ3) is 6.47. The van der Waals surface area contributed by atoms with Crippen molar-refractivity contribution in [2.75, 3.05) is 20.1 Å². The molecule has 1 aromatic rings. The summed E-state index contributed by atoms with van der Waals surface area (Å²) in [5.41, 5.74) is 3.89. The van der Waals surface area contributed by atoms with Crippen molar-refractivity contribution in [3.8, 4) is 12.3 Å². The summed E-state index contributed by atoms with van der Waals surface area (Å²) in [4.78, 5) is 10.5. The fourth-order valence-electron chi connectivity index (χ4n) is 3.36. The Bertz CT molecular complexity index is 515. The Hall–Kier alpha value is -1.63. The van der Waals surface area contributed by atoms with Crippen molar-refractivity contribution in [3.05, 3.63) is 34.9 Å². The van der Waals surface area contributed by atoms with Crippen LogP contribution in [0.1, 0.15) is 55.7 Å². The maximum Gasteiger partial charge on any atom is 0.106 e. The Morgan fingerprint density at radius 2 is 1.96 bits per heavy atom. The minimum Gasteiger partial charge on any atom is -0.317 e. The Kier molecular flexibility index (Phi) is 10.1. The van der Waals surface area contributed by atoms with Crippen molar-refractivity contribution in [1.82, 2.24) is 10.2 Å². The maximum atomic E-state index is 8.00. The molecule has 1 N–H and O–H groups in total. The fourth-order valence-corrected chi connectivity index (χ4v) is 3.36. The van der Waals surface area contributed by atoms with E-state index in [-0.39, 0.29) is 0 Å². The van der Waals surface area contributed by atoms with Crippen molar-refractivity contribution < 1.29 is 4.79 Å². The molecule has 1 heterocycles. The van der Waals surface area contributed by atoms with Crippen LogP contribution >= 0.6 is 0 Å². The van der Waals surface area contributed by atoms with Crippen LogP contribution in [-0.2, 0) is 17.8 Å². The van der Waals surface area contributed by atoms with Gasteiger partial charge in [-0.2, -0.15) is 0 Å². The second kappa shape index (κ2) is 11.8. The van der Waals surface area contributed by atoms with Crippen LogP contribution < -0.4 is 5.32 Å². The lowest BCUT2D eigenvalue weighted by atomic mass is 9.96. The van der Waals surface area contributed by atoms with Crippen molar-refractivity contribution in [2.45, 2.75) is 58.0 Å². The van der Waals surface area contributed by atoms with Gasteiger partial charge in [-0.1, -0.05) is 38.2 Å². The van der Waals surface area contributed by atoms with Gasteiger partial charge in [0.15, 0.2) is 0 Å². The number of likely N-dealkylation sites (N-methyl/N-ethyl adjacent to an activating group) is 1. The lowest BCUT2D eigenvalue weighted by molar-refractivity contribution is -0.0979. The van der Waals surface area contributed by atoms with Gasteiger partial charge in [-0.3, -0.25) is 4.90 Å². The van der Waals surface area contributed by atoms with E-state index in [0.717, 1.165) is 37.7 Å². The number of nitrogens with one attached hydrogen (secondary N) is 1. The van der Waals surface area contributed by atoms with E-state index in [4.69, 9.17) is 11.2 Å². The van der Waals surface area contributed by atoms with E-state index in [1.165, 1.54) is 43.2 Å². The monoisotopic (exact) mass is 328 g/mol. The Balaban J connectivity index is 0.000000245. The van der Waals surface area contributed by atoms with Gasteiger partial charge in [0.25, 0.3) is 0 Å². The van der Waals surface area contributed by atoms with Gasteiger partial charge in [-0.05, 0) is 56.1 Å². The first-order valence-electron chi connectivity index (χ1n) is 9.03. The lowest BCUT2D eigenvalue weighted by Gasteiger charge is -2.27. The summed E-state index contributed by atoms with van der Waals surface area (Å²) >= 11 is 0. The predicted molar refractivity (Wildman–Crippen MR) is 102 cm³/mol. The molecule has 3 rings (SSSR count). The predicted octanol–water partition coefficient (Wildman–Crippen LogP) is 3.40. The molecule has 0 unspecified atom stereocenters. The first-order chi connectivity index (χ1) is 11.8. The quantitative estimate of drug-likeness (QED) is 0.845. The molecule has 0 amide bonds. The van der Waals surface area contributed by atoms with Crippen LogP contribution in [0.2, 0.25) is 0 Å². The second-order valence-corrected chi connectivity index (χ2v) is 6.37. The molecular formula is C21H32N2O. The molecule has 2 aliphatic rings. The number of carbonyl (C=O) groups is 1. The smallest absolute Gasteiger partial charge is 0.106 e. The zero-order valence-corrected chi connectivity index (χ0v) is 15.3. The zero-order chi connectivity index (χ0) is 17.8. The SMILES string of the molecule is C#Cc1ccc2c(c1)CCN(CC)C2.C=O.CNC1CCCCC1. The number of carbonyl (C=O) groups excluding carboxylic acids is 1. The first kappa shape index (κ1) is 20.4. The first-order valence-corrected chi connectivity index (χ1v) is 9.03. The average Bonchev–Trinajstić information content (AvgIpc) is 2.69. The van der Waals surface area contributed by atoms with E-state index >= 15 is 0 Å². The van der Waals surface area contributed by atoms with Crippen LogP contribution in [0.3, 0.4) is 0 Å². The van der Waals surface area contributed by atoms with Crippen LogP contribution in [0.15, 0.2) is 18.2 Å². The van der Waals surface area contributed by atoms with E-state index < -0.39 is 0 Å². The van der Waals surface area contributed by atoms with Crippen molar-refractivity contribution in [2.24, 2.45) is 0 Å². The molecule has 0 radical (unpaired) electrons. The summed E-state index contributed by atoms with van der Waals surface area (Å²) in [5, 5.41) is 3.30. The van der Waals surface area contributed by atoms with Crippen LogP contribution in [0.4, 0.5) is 0 Å². The van der Waals surface area contributed by atoms with Crippen LogP contribution in [-0.4, -0.2) is 37.9 Å². The summed E-state index contributed by atoms with van der Waals surface area (Å²) in [6, 6.07) is 7.20. The van der Waals surface area contributed by atoms with E-state index in [9.17, 15) is 0 Å². The Labute approximate surface area is 147 Å². The number of hydrogen-bond acceptors (Lipinski definition) is 3. The molecule has 1 saturated carbocycles. The average molecular weight is 329 g/mol. The number of terminal acetylenes is 1. The number of fused-ring (bicyclic) bond motifs is 1. The fraction of sp³-hybridized carbons (Fsp3) is 0.571. The van der Waals surface area contributed by atoms with Gasteiger partial charge in [0, 0.05) is 24.7 Å². The topological polar surface area (TPSA) is 32.3 Å². The summed E-state index contributed by atoms with van der Waals surface area (Å²) in [7, 11) is 2.07. The molecule has 3 nitrogen and oxygen atoms in total. The summed E-state index contributed by atoms with van der Waals surface area (Å²) in [6.07, 6.45) is 13.6. The normalized spacial score (nSPS) is 17.4. The molecule has 0 saturated heterocycles. The molecular weight excluding hydrogens is 296 g/mol. The third-order valence-corrected chi connectivity index (χ3v) is 4.92. The highest BCUT2D eigenvalue weighted by Crippen LogP contribution is 2.19. The molecule has 24 heavy (non-hydrogen) atoms. The van der Waals surface area contributed by atoms with E-state index in [1.54, 1.807) is 0 Å². The van der Waals surface area contributed by atoms with Gasteiger partial charge in [0.2, 0.25) is 0 Å². The minimum absolute atomic E-state index is 0.837. The number of hydrogen-bond donors (Lipinski definition) is 1. The van der Waals surface area contributed by atoms with Gasteiger partial charge >= 0.3 is 0 Å². The number of rotatable bonds is 2. The van der Waals surface area contributed by atoms with Crippen molar-refractivity contribution in [3.63, 3.8) is 0 Å². The lowest BCUT2D eigenvalue weighted by Crippen LogP contribution is -2.30. The minimum atomic E-state index is 0.837. The number of nitrogens with zero attached hydrogens (tertiary/aromatic N) is 1. The molecule has 0 aromatic heterocycles. The van der Waals surface area contributed by atoms with E-state index in [1.807, 2.05) is 12.9 Å². The summed E-state index contributed by atoms with van der Waals surface area (Å²) in [5.74, 6) is 2.69.